The molecule has 3 aromatic heterocycles. The molecule has 3 heterocycles. The number of pyridine rings is 2. The highest BCUT2D eigenvalue weighted by Gasteiger charge is 2.30. The lowest BCUT2D eigenvalue weighted by molar-refractivity contribution is -0.137. The molecule has 30 heavy (non-hydrogen) atoms. The van der Waals surface area contributed by atoms with Crippen molar-refractivity contribution in [3.8, 4) is 5.82 Å². The Labute approximate surface area is 175 Å². The number of aryl methyl sites for hydroxylation is 2. The Morgan fingerprint density at radius 1 is 1.17 bits per heavy atom. The minimum atomic E-state index is -4.44. The van der Waals surface area contributed by atoms with Gasteiger partial charge in [-0.3, -0.25) is 4.79 Å². The highest BCUT2D eigenvalue weighted by Crippen LogP contribution is 2.28. The summed E-state index contributed by atoms with van der Waals surface area (Å²) in [5.74, 6) is 0.243. The molecule has 0 bridgehead atoms. The third-order valence-electron chi connectivity index (χ3n) is 4.08. The maximum absolute atomic E-state index is 12.5. The molecule has 158 valence electrons. The van der Waals surface area contributed by atoms with Crippen molar-refractivity contribution in [2.45, 2.75) is 20.0 Å². The van der Waals surface area contributed by atoms with Crippen molar-refractivity contribution in [3.05, 3.63) is 64.2 Å². The number of carbonyl (C=O) groups is 1. The molecule has 7 nitrogen and oxygen atoms in total. The van der Waals surface area contributed by atoms with Crippen LogP contribution in [0.4, 0.5) is 19.0 Å². The summed E-state index contributed by atoms with van der Waals surface area (Å²) in [4.78, 5) is 20.5. The SMILES string of the molecule is Cc1cc(C)n(-c2ccc(Cl)c(C(=O)NCCNc3ccc(C(F)(F)F)cn3)n2)n1. The average Bonchev–Trinajstić information content (AvgIpc) is 3.03. The van der Waals surface area contributed by atoms with Gasteiger partial charge in [0.05, 0.1) is 16.3 Å². The lowest BCUT2D eigenvalue weighted by atomic mass is 10.3. The summed E-state index contributed by atoms with van der Waals surface area (Å²) in [6.07, 6.45) is -3.69. The van der Waals surface area contributed by atoms with Gasteiger partial charge in [-0.25, -0.2) is 14.6 Å². The molecular weight excluding hydrogens is 421 g/mol. The zero-order valence-electron chi connectivity index (χ0n) is 16.1. The summed E-state index contributed by atoms with van der Waals surface area (Å²) in [6.45, 7) is 4.16. The Balaban J connectivity index is 1.58. The van der Waals surface area contributed by atoms with Gasteiger partial charge >= 0.3 is 6.18 Å². The first-order valence-electron chi connectivity index (χ1n) is 8.90. The van der Waals surface area contributed by atoms with Crippen LogP contribution in [0.1, 0.15) is 27.4 Å². The molecule has 11 heteroatoms. The fourth-order valence-corrected chi connectivity index (χ4v) is 2.88. The zero-order valence-corrected chi connectivity index (χ0v) is 16.8. The zero-order chi connectivity index (χ0) is 21.9. The van der Waals surface area contributed by atoms with Crippen LogP contribution in [0.25, 0.3) is 5.82 Å². The predicted octanol–water partition coefficient (Wildman–Crippen LogP) is 3.79. The van der Waals surface area contributed by atoms with E-state index in [-0.39, 0.29) is 29.6 Å². The van der Waals surface area contributed by atoms with E-state index >= 15 is 0 Å². The molecule has 0 aliphatic heterocycles. The lowest BCUT2D eigenvalue weighted by Crippen LogP contribution is -2.30. The number of rotatable bonds is 6. The molecule has 3 aromatic rings. The van der Waals surface area contributed by atoms with Crippen molar-refractivity contribution >= 4 is 23.3 Å². The second-order valence-corrected chi connectivity index (χ2v) is 6.86. The monoisotopic (exact) mass is 438 g/mol. The normalized spacial score (nSPS) is 11.4. The standard InChI is InChI=1S/C19H18ClF3N6O/c1-11-9-12(2)29(28-11)16-6-4-14(20)17(27-16)18(30)25-8-7-24-15-5-3-13(10-26-15)19(21,22)23/h3-6,9-10H,7-8H2,1-2H3,(H,24,26)(H,25,30). The highest BCUT2D eigenvalue weighted by molar-refractivity contribution is 6.33. The third-order valence-corrected chi connectivity index (χ3v) is 4.39. The molecule has 1 amide bonds. The number of nitrogens with zero attached hydrogens (tertiary/aromatic N) is 4. The second-order valence-electron chi connectivity index (χ2n) is 6.45. The molecule has 3 rings (SSSR count). The Hall–Kier alpha value is -3.14. The first-order valence-corrected chi connectivity index (χ1v) is 9.28. The summed E-state index contributed by atoms with van der Waals surface area (Å²) in [5.41, 5.74) is 0.902. The van der Waals surface area contributed by atoms with E-state index in [1.165, 1.54) is 6.07 Å². The molecule has 0 aliphatic rings. The van der Waals surface area contributed by atoms with Crippen molar-refractivity contribution < 1.29 is 18.0 Å². The maximum Gasteiger partial charge on any atom is 0.417 e. The van der Waals surface area contributed by atoms with Gasteiger partial charge in [-0.15, -0.1) is 0 Å². The number of carbonyl (C=O) groups excluding carboxylic acids is 1. The Bertz CT molecular complexity index is 1050. The molecule has 0 spiro atoms. The van der Waals surface area contributed by atoms with Gasteiger partial charge in [0.1, 0.15) is 11.5 Å². The number of hydrogen-bond acceptors (Lipinski definition) is 5. The number of alkyl halides is 3. The molecule has 0 radical (unpaired) electrons. The van der Waals surface area contributed by atoms with Crippen LogP contribution >= 0.6 is 11.6 Å². The van der Waals surface area contributed by atoms with Crippen molar-refractivity contribution in [2.24, 2.45) is 0 Å². The highest BCUT2D eigenvalue weighted by atomic mass is 35.5. The summed E-state index contributed by atoms with van der Waals surface area (Å²) in [5, 5.41) is 10.0. The van der Waals surface area contributed by atoms with E-state index in [1.807, 2.05) is 19.9 Å². The van der Waals surface area contributed by atoms with Crippen LogP contribution in [0.15, 0.2) is 36.5 Å². The van der Waals surface area contributed by atoms with Gasteiger partial charge in [-0.2, -0.15) is 18.3 Å². The molecule has 0 fully saturated rings. The van der Waals surface area contributed by atoms with E-state index in [1.54, 1.807) is 16.8 Å². The summed E-state index contributed by atoms with van der Waals surface area (Å²) in [7, 11) is 0. The van der Waals surface area contributed by atoms with Gasteiger partial charge in [0.25, 0.3) is 5.91 Å². The Kier molecular flexibility index (Phi) is 6.25. The number of nitrogens with one attached hydrogen (secondary N) is 2. The number of amides is 1. The summed E-state index contributed by atoms with van der Waals surface area (Å²) < 4.78 is 39.2. The van der Waals surface area contributed by atoms with Crippen LogP contribution in [-0.4, -0.2) is 38.7 Å². The second kappa shape index (κ2) is 8.70. The van der Waals surface area contributed by atoms with Gasteiger partial charge in [0.15, 0.2) is 5.82 Å². The van der Waals surface area contributed by atoms with Crippen molar-refractivity contribution in [2.75, 3.05) is 18.4 Å². The van der Waals surface area contributed by atoms with Gasteiger partial charge in [0, 0.05) is 25.0 Å². The van der Waals surface area contributed by atoms with Crippen LogP contribution in [0.3, 0.4) is 0 Å². The van der Waals surface area contributed by atoms with E-state index in [9.17, 15) is 18.0 Å². The molecule has 0 atom stereocenters. The fourth-order valence-electron chi connectivity index (χ4n) is 2.69. The van der Waals surface area contributed by atoms with Crippen LogP contribution in [-0.2, 0) is 6.18 Å². The lowest BCUT2D eigenvalue weighted by Gasteiger charge is -2.10. The minimum Gasteiger partial charge on any atom is -0.368 e. The Morgan fingerprint density at radius 3 is 2.53 bits per heavy atom. The number of aromatic nitrogens is 4. The topological polar surface area (TPSA) is 84.7 Å². The predicted molar refractivity (Wildman–Crippen MR) is 106 cm³/mol. The molecule has 0 aliphatic carbocycles. The Morgan fingerprint density at radius 2 is 1.93 bits per heavy atom. The molecule has 0 saturated heterocycles. The first-order chi connectivity index (χ1) is 14.1. The average molecular weight is 439 g/mol. The molecule has 0 aromatic carbocycles. The van der Waals surface area contributed by atoms with E-state index in [0.29, 0.717) is 5.82 Å². The van der Waals surface area contributed by atoms with E-state index in [4.69, 9.17) is 11.6 Å². The third kappa shape index (κ3) is 5.07. The van der Waals surface area contributed by atoms with Gasteiger partial charge in [-0.05, 0) is 44.2 Å². The van der Waals surface area contributed by atoms with Crippen LogP contribution in [0, 0.1) is 13.8 Å². The molecule has 0 unspecified atom stereocenters. The van der Waals surface area contributed by atoms with E-state index in [2.05, 4.69) is 25.7 Å². The summed E-state index contributed by atoms with van der Waals surface area (Å²) in [6, 6.07) is 7.27. The first kappa shape index (κ1) is 21.6. The van der Waals surface area contributed by atoms with Crippen molar-refractivity contribution in [1.29, 1.82) is 0 Å². The summed E-state index contributed by atoms with van der Waals surface area (Å²) >= 11 is 6.11. The van der Waals surface area contributed by atoms with Crippen molar-refractivity contribution in [3.63, 3.8) is 0 Å². The molecule has 0 saturated carbocycles. The maximum atomic E-state index is 12.5. The van der Waals surface area contributed by atoms with Crippen LogP contribution in [0.2, 0.25) is 5.02 Å². The molecular formula is C19H18ClF3N6O. The number of halogens is 4. The fraction of sp³-hybridized carbons (Fsp3) is 0.263. The van der Waals surface area contributed by atoms with Crippen LogP contribution < -0.4 is 10.6 Å². The van der Waals surface area contributed by atoms with Crippen molar-refractivity contribution in [1.82, 2.24) is 25.1 Å². The largest absolute Gasteiger partial charge is 0.417 e. The van der Waals surface area contributed by atoms with E-state index < -0.39 is 17.6 Å². The van der Waals surface area contributed by atoms with Gasteiger partial charge in [0.2, 0.25) is 0 Å². The number of hydrogen-bond donors (Lipinski definition) is 2. The van der Waals surface area contributed by atoms with Gasteiger partial charge < -0.3 is 10.6 Å². The van der Waals surface area contributed by atoms with E-state index in [0.717, 1.165) is 23.7 Å². The molecule has 2 N–H and O–H groups in total. The minimum absolute atomic E-state index is 0.0503. The quantitative estimate of drug-likeness (QED) is 0.572. The number of anilines is 1. The van der Waals surface area contributed by atoms with Gasteiger partial charge in [-0.1, -0.05) is 11.6 Å². The smallest absolute Gasteiger partial charge is 0.368 e. The van der Waals surface area contributed by atoms with Crippen LogP contribution in [0.5, 0.6) is 0 Å².